The first-order chi connectivity index (χ1) is 7.08. The van der Waals surface area contributed by atoms with Crippen molar-refractivity contribution in [2.24, 2.45) is 5.92 Å². The predicted octanol–water partition coefficient (Wildman–Crippen LogP) is 2.94. The van der Waals surface area contributed by atoms with Crippen LogP contribution in [0, 0.1) is 19.8 Å². The standard InChI is InChI=1S/C12H21N3/c1-9(2)6-5-7-13-12-14-10(3)8-11(4)15-12/h8-9H,5-7H2,1-4H3,(H,13,14,15). The average molecular weight is 207 g/mol. The molecule has 1 aromatic heterocycles. The molecule has 0 aliphatic rings. The quantitative estimate of drug-likeness (QED) is 0.754. The lowest BCUT2D eigenvalue weighted by Gasteiger charge is -2.07. The van der Waals surface area contributed by atoms with Crippen LogP contribution >= 0.6 is 0 Å². The maximum Gasteiger partial charge on any atom is 0.223 e. The zero-order valence-corrected chi connectivity index (χ0v) is 10.2. The number of aryl methyl sites for hydroxylation is 2. The summed E-state index contributed by atoms with van der Waals surface area (Å²) in [5.41, 5.74) is 2.04. The zero-order chi connectivity index (χ0) is 11.3. The van der Waals surface area contributed by atoms with E-state index in [0.29, 0.717) is 0 Å². The molecule has 0 aliphatic heterocycles. The van der Waals surface area contributed by atoms with Crippen LogP contribution in [0.4, 0.5) is 5.95 Å². The molecule has 0 saturated carbocycles. The Morgan fingerprint density at radius 1 is 1.20 bits per heavy atom. The Morgan fingerprint density at radius 3 is 2.33 bits per heavy atom. The highest BCUT2D eigenvalue weighted by Crippen LogP contribution is 2.06. The lowest BCUT2D eigenvalue weighted by atomic mass is 10.1. The topological polar surface area (TPSA) is 37.8 Å². The predicted molar refractivity (Wildman–Crippen MR) is 64.1 cm³/mol. The second kappa shape index (κ2) is 5.69. The summed E-state index contributed by atoms with van der Waals surface area (Å²) in [6.45, 7) is 9.43. The second-order valence-corrected chi connectivity index (χ2v) is 4.44. The van der Waals surface area contributed by atoms with Crippen LogP contribution in [0.15, 0.2) is 6.07 Å². The van der Waals surface area contributed by atoms with Crippen molar-refractivity contribution >= 4 is 5.95 Å². The van der Waals surface area contributed by atoms with Gasteiger partial charge in [0.25, 0.3) is 0 Å². The first-order valence-electron chi connectivity index (χ1n) is 5.64. The van der Waals surface area contributed by atoms with Crippen LogP contribution in [0.25, 0.3) is 0 Å². The van der Waals surface area contributed by atoms with Gasteiger partial charge in [-0.2, -0.15) is 0 Å². The maximum absolute atomic E-state index is 4.33. The Hall–Kier alpha value is -1.12. The highest BCUT2D eigenvalue weighted by atomic mass is 15.1. The molecule has 0 atom stereocenters. The summed E-state index contributed by atoms with van der Waals surface area (Å²) < 4.78 is 0. The highest BCUT2D eigenvalue weighted by molar-refractivity contribution is 5.27. The Morgan fingerprint density at radius 2 is 1.80 bits per heavy atom. The molecule has 0 aromatic carbocycles. The summed E-state index contributed by atoms with van der Waals surface area (Å²) in [5.74, 6) is 1.53. The van der Waals surface area contributed by atoms with Crippen LogP contribution in [0.1, 0.15) is 38.1 Å². The van der Waals surface area contributed by atoms with Gasteiger partial charge in [0, 0.05) is 17.9 Å². The molecule has 3 heteroatoms. The third kappa shape index (κ3) is 4.77. The monoisotopic (exact) mass is 207 g/mol. The van der Waals surface area contributed by atoms with Crippen molar-refractivity contribution in [3.8, 4) is 0 Å². The van der Waals surface area contributed by atoms with Crippen LogP contribution in [0.2, 0.25) is 0 Å². The molecular weight excluding hydrogens is 186 g/mol. The number of nitrogens with one attached hydrogen (secondary N) is 1. The number of nitrogens with zero attached hydrogens (tertiary/aromatic N) is 2. The summed E-state index contributed by atoms with van der Waals surface area (Å²) in [7, 11) is 0. The normalized spacial score (nSPS) is 10.7. The Balaban J connectivity index is 2.37. The third-order valence-corrected chi connectivity index (χ3v) is 2.22. The molecule has 0 saturated heterocycles. The van der Waals surface area contributed by atoms with Gasteiger partial charge in [-0.1, -0.05) is 13.8 Å². The van der Waals surface area contributed by atoms with Gasteiger partial charge in [0.15, 0.2) is 0 Å². The average Bonchev–Trinajstić information content (AvgIpc) is 2.10. The molecule has 1 heterocycles. The number of aromatic nitrogens is 2. The first-order valence-corrected chi connectivity index (χ1v) is 5.64. The molecular formula is C12H21N3. The van der Waals surface area contributed by atoms with E-state index < -0.39 is 0 Å². The molecule has 0 aliphatic carbocycles. The van der Waals surface area contributed by atoms with E-state index in [9.17, 15) is 0 Å². The van der Waals surface area contributed by atoms with Crippen molar-refractivity contribution in [1.29, 1.82) is 0 Å². The Bertz CT molecular complexity index is 287. The molecule has 0 unspecified atom stereocenters. The van der Waals surface area contributed by atoms with Gasteiger partial charge < -0.3 is 5.32 Å². The fourth-order valence-electron chi connectivity index (χ4n) is 1.52. The molecule has 0 fully saturated rings. The molecule has 1 rings (SSSR count). The summed E-state index contributed by atoms with van der Waals surface area (Å²) in [4.78, 5) is 8.66. The van der Waals surface area contributed by atoms with Crippen LogP contribution in [0.5, 0.6) is 0 Å². The van der Waals surface area contributed by atoms with Crippen LogP contribution in [-0.4, -0.2) is 16.5 Å². The van der Waals surface area contributed by atoms with E-state index in [-0.39, 0.29) is 0 Å². The highest BCUT2D eigenvalue weighted by Gasteiger charge is 1.99. The minimum absolute atomic E-state index is 0.760. The maximum atomic E-state index is 4.33. The zero-order valence-electron chi connectivity index (χ0n) is 10.2. The van der Waals surface area contributed by atoms with Crippen molar-refractivity contribution in [2.75, 3.05) is 11.9 Å². The van der Waals surface area contributed by atoms with E-state index in [1.54, 1.807) is 0 Å². The summed E-state index contributed by atoms with van der Waals surface area (Å²) in [6, 6.07) is 1.99. The van der Waals surface area contributed by atoms with Gasteiger partial charge in [-0.05, 0) is 38.7 Å². The minimum Gasteiger partial charge on any atom is -0.354 e. The van der Waals surface area contributed by atoms with Crippen molar-refractivity contribution in [1.82, 2.24) is 9.97 Å². The molecule has 84 valence electrons. The number of anilines is 1. The van der Waals surface area contributed by atoms with Gasteiger partial charge in [-0.15, -0.1) is 0 Å². The Kier molecular flexibility index (Phi) is 4.53. The third-order valence-electron chi connectivity index (χ3n) is 2.22. The smallest absolute Gasteiger partial charge is 0.223 e. The van der Waals surface area contributed by atoms with E-state index in [0.717, 1.165) is 29.8 Å². The van der Waals surface area contributed by atoms with Crippen molar-refractivity contribution in [2.45, 2.75) is 40.5 Å². The van der Waals surface area contributed by atoms with Gasteiger partial charge >= 0.3 is 0 Å². The fraction of sp³-hybridized carbons (Fsp3) is 0.667. The second-order valence-electron chi connectivity index (χ2n) is 4.44. The summed E-state index contributed by atoms with van der Waals surface area (Å²) >= 11 is 0. The van der Waals surface area contributed by atoms with E-state index in [2.05, 4.69) is 29.1 Å². The van der Waals surface area contributed by atoms with Crippen LogP contribution in [-0.2, 0) is 0 Å². The lowest BCUT2D eigenvalue weighted by molar-refractivity contribution is 0.566. The first kappa shape index (κ1) is 12.0. The number of hydrogen-bond donors (Lipinski definition) is 1. The molecule has 0 radical (unpaired) electrons. The number of rotatable bonds is 5. The molecule has 3 nitrogen and oxygen atoms in total. The van der Waals surface area contributed by atoms with Gasteiger partial charge in [0.1, 0.15) is 0 Å². The van der Waals surface area contributed by atoms with E-state index >= 15 is 0 Å². The van der Waals surface area contributed by atoms with E-state index in [1.165, 1.54) is 12.8 Å². The largest absolute Gasteiger partial charge is 0.354 e. The van der Waals surface area contributed by atoms with Crippen molar-refractivity contribution in [3.63, 3.8) is 0 Å². The summed E-state index contributed by atoms with van der Waals surface area (Å²) in [5, 5.41) is 3.26. The molecule has 1 aromatic rings. The van der Waals surface area contributed by atoms with Crippen LogP contribution in [0.3, 0.4) is 0 Å². The van der Waals surface area contributed by atoms with Gasteiger partial charge in [-0.25, -0.2) is 9.97 Å². The molecule has 0 amide bonds. The van der Waals surface area contributed by atoms with E-state index in [1.807, 2.05) is 19.9 Å². The minimum atomic E-state index is 0.760. The summed E-state index contributed by atoms with van der Waals surface area (Å²) in [6.07, 6.45) is 2.42. The molecule has 1 N–H and O–H groups in total. The van der Waals surface area contributed by atoms with E-state index in [4.69, 9.17) is 0 Å². The molecule has 0 spiro atoms. The molecule has 0 bridgehead atoms. The van der Waals surface area contributed by atoms with Gasteiger partial charge in [-0.3, -0.25) is 0 Å². The van der Waals surface area contributed by atoms with Crippen molar-refractivity contribution < 1.29 is 0 Å². The Labute approximate surface area is 92.3 Å². The number of hydrogen-bond acceptors (Lipinski definition) is 3. The molecule has 15 heavy (non-hydrogen) atoms. The van der Waals surface area contributed by atoms with Crippen LogP contribution < -0.4 is 5.32 Å². The van der Waals surface area contributed by atoms with Gasteiger partial charge in [0.05, 0.1) is 0 Å². The van der Waals surface area contributed by atoms with Crippen molar-refractivity contribution in [3.05, 3.63) is 17.5 Å². The SMILES string of the molecule is Cc1cc(C)nc(NCCCC(C)C)n1. The lowest BCUT2D eigenvalue weighted by Crippen LogP contribution is -2.07. The fourth-order valence-corrected chi connectivity index (χ4v) is 1.52. The van der Waals surface area contributed by atoms with Gasteiger partial charge in [0.2, 0.25) is 5.95 Å².